The highest BCUT2D eigenvalue weighted by atomic mass is 32.2. The largest absolute Gasteiger partial charge is 0.478 e. The highest BCUT2D eigenvalue weighted by molar-refractivity contribution is 7.92. The van der Waals surface area contributed by atoms with E-state index in [-0.39, 0.29) is 47.4 Å². The highest BCUT2D eigenvalue weighted by Gasteiger charge is 2.69. The Balaban J connectivity index is 1.75. The maximum atomic E-state index is 15.0. The third-order valence-corrected chi connectivity index (χ3v) is 11.4. The van der Waals surface area contributed by atoms with E-state index in [2.05, 4.69) is 0 Å². The Morgan fingerprint density at radius 2 is 1.64 bits per heavy atom. The molecular weight excluding hydrogens is 614 g/mol. The molecule has 3 aromatic carbocycles. The zero-order valence-corrected chi connectivity index (χ0v) is 23.7. The minimum absolute atomic E-state index is 0.0546. The Kier molecular flexibility index (Phi) is 7.23. The number of carboxylic acids is 1. The monoisotopic (exact) mass is 638 g/mol. The SMILES string of the molecule is CC(F)(c1ccc2c(c1)CC[C@@]1(C=N)N(C(=O)c3ccc(C(=O)O)c(F)c3)CC[C@@]21S(=O)(=O)c1ccc(F)cc1)C(F)(F)F. The van der Waals surface area contributed by atoms with Crippen molar-refractivity contribution in [2.45, 2.75) is 53.2 Å². The number of amides is 1. The first-order valence-electron chi connectivity index (χ1n) is 13.2. The summed E-state index contributed by atoms with van der Waals surface area (Å²) in [6.07, 6.45) is -5.36. The molecule has 1 unspecified atom stereocenters. The molecule has 1 amide bonds. The molecule has 0 saturated carbocycles. The molecule has 1 heterocycles. The number of alkyl halides is 4. The number of benzene rings is 3. The van der Waals surface area contributed by atoms with Crippen LogP contribution in [0.5, 0.6) is 0 Å². The van der Waals surface area contributed by atoms with E-state index in [0.29, 0.717) is 13.0 Å². The van der Waals surface area contributed by atoms with Crippen LogP contribution in [-0.2, 0) is 26.7 Å². The molecule has 1 fully saturated rings. The number of aromatic carboxylic acids is 1. The quantitative estimate of drug-likeness (QED) is 0.197. The van der Waals surface area contributed by atoms with Crippen LogP contribution in [0.4, 0.5) is 26.3 Å². The van der Waals surface area contributed by atoms with Gasteiger partial charge < -0.3 is 15.4 Å². The minimum Gasteiger partial charge on any atom is -0.478 e. The molecule has 0 bridgehead atoms. The molecule has 0 spiro atoms. The van der Waals surface area contributed by atoms with Gasteiger partial charge in [0.25, 0.3) is 5.91 Å². The highest BCUT2D eigenvalue weighted by Crippen LogP contribution is 2.59. The Bertz CT molecular complexity index is 1810. The summed E-state index contributed by atoms with van der Waals surface area (Å²) in [5, 5.41) is 17.7. The Labute approximate surface area is 247 Å². The average molecular weight is 639 g/mol. The van der Waals surface area contributed by atoms with Crippen molar-refractivity contribution in [2.24, 2.45) is 0 Å². The van der Waals surface area contributed by atoms with Gasteiger partial charge in [0.1, 0.15) is 21.9 Å². The number of nitrogens with zero attached hydrogens (tertiary/aromatic N) is 1. The molecule has 1 aliphatic carbocycles. The number of fused-ring (bicyclic) bond motifs is 3. The number of hydrogen-bond acceptors (Lipinski definition) is 5. The predicted octanol–water partition coefficient (Wildman–Crippen LogP) is 5.96. The normalized spacial score (nSPS) is 22.9. The number of likely N-dealkylation sites (tertiary alicyclic amines) is 1. The van der Waals surface area contributed by atoms with Gasteiger partial charge in [-0.2, -0.15) is 13.2 Å². The summed E-state index contributed by atoms with van der Waals surface area (Å²) in [5.74, 6) is -4.48. The van der Waals surface area contributed by atoms with Crippen LogP contribution < -0.4 is 0 Å². The van der Waals surface area contributed by atoms with E-state index in [9.17, 15) is 44.3 Å². The molecular formula is C30H24F6N2O5S. The molecule has 5 rings (SSSR count). The van der Waals surface area contributed by atoms with Crippen molar-refractivity contribution in [3.63, 3.8) is 0 Å². The van der Waals surface area contributed by atoms with Crippen molar-refractivity contribution in [1.29, 1.82) is 5.41 Å². The maximum absolute atomic E-state index is 15.0. The molecule has 14 heteroatoms. The topological polar surface area (TPSA) is 116 Å². The maximum Gasteiger partial charge on any atom is 0.426 e. The zero-order chi connectivity index (χ0) is 32.5. The van der Waals surface area contributed by atoms with Crippen molar-refractivity contribution < 1.29 is 49.5 Å². The van der Waals surface area contributed by atoms with Gasteiger partial charge in [-0.05, 0) is 85.3 Å². The van der Waals surface area contributed by atoms with E-state index in [1.165, 1.54) is 0 Å². The number of carbonyl (C=O) groups is 2. The average Bonchev–Trinajstić information content (AvgIpc) is 3.33. The van der Waals surface area contributed by atoms with E-state index in [0.717, 1.165) is 65.7 Å². The van der Waals surface area contributed by atoms with Crippen LogP contribution in [0.2, 0.25) is 0 Å². The fraction of sp³-hybridized carbons (Fsp3) is 0.300. The number of carboxylic acid groups (broad SMARTS) is 1. The van der Waals surface area contributed by atoms with Crippen molar-refractivity contribution >= 4 is 27.9 Å². The molecule has 1 saturated heterocycles. The van der Waals surface area contributed by atoms with Crippen molar-refractivity contribution in [3.05, 3.63) is 100 Å². The summed E-state index contributed by atoms with van der Waals surface area (Å²) < 4.78 is 111. The van der Waals surface area contributed by atoms with Crippen LogP contribution in [0.1, 0.15) is 57.2 Å². The van der Waals surface area contributed by atoms with Gasteiger partial charge in [0.2, 0.25) is 5.67 Å². The summed E-state index contributed by atoms with van der Waals surface area (Å²) in [6, 6.07) is 9.17. The van der Waals surface area contributed by atoms with E-state index >= 15 is 0 Å². The molecule has 7 nitrogen and oxygen atoms in total. The molecule has 0 aromatic heterocycles. The number of sulfone groups is 1. The van der Waals surface area contributed by atoms with Gasteiger partial charge in [-0.1, -0.05) is 18.2 Å². The predicted molar refractivity (Wildman–Crippen MR) is 145 cm³/mol. The lowest BCUT2D eigenvalue weighted by atomic mass is 9.69. The van der Waals surface area contributed by atoms with Crippen LogP contribution in [0.3, 0.4) is 0 Å². The standard InChI is InChI=1S/C30H24F6N2O5S/c1-27(33,30(34,35)36)19-3-9-23-17(14-19)10-11-28(16-37)29(23,44(42,43)21-6-4-20(31)5-7-21)12-13-38(28)25(39)18-2-8-22(26(40)41)24(32)15-18/h2-9,14-16,37H,10-13H2,1H3,(H,40,41)/t27?,28-,29+/m0/s1. The Morgan fingerprint density at radius 1 is 0.977 bits per heavy atom. The van der Waals surface area contributed by atoms with Crippen LogP contribution >= 0.6 is 0 Å². The molecule has 0 radical (unpaired) electrons. The third-order valence-electron chi connectivity index (χ3n) is 8.77. The second kappa shape index (κ2) is 10.2. The van der Waals surface area contributed by atoms with Crippen molar-refractivity contribution in [1.82, 2.24) is 4.90 Å². The van der Waals surface area contributed by atoms with Crippen LogP contribution in [0, 0.1) is 17.0 Å². The van der Waals surface area contributed by atoms with E-state index < -0.39 is 66.6 Å². The van der Waals surface area contributed by atoms with Gasteiger partial charge in [-0.3, -0.25) is 4.79 Å². The second-order valence-electron chi connectivity index (χ2n) is 10.9. The number of hydrogen-bond donors (Lipinski definition) is 2. The van der Waals surface area contributed by atoms with Crippen LogP contribution in [-0.4, -0.2) is 54.8 Å². The lowest BCUT2D eigenvalue weighted by Crippen LogP contribution is -2.64. The van der Waals surface area contributed by atoms with Gasteiger partial charge in [0, 0.05) is 18.3 Å². The Morgan fingerprint density at radius 3 is 2.20 bits per heavy atom. The van der Waals surface area contributed by atoms with Crippen molar-refractivity contribution in [2.75, 3.05) is 6.54 Å². The summed E-state index contributed by atoms with van der Waals surface area (Å²) >= 11 is 0. The summed E-state index contributed by atoms with van der Waals surface area (Å²) in [5.41, 5.74) is -7.55. The van der Waals surface area contributed by atoms with Gasteiger partial charge in [0.15, 0.2) is 9.84 Å². The van der Waals surface area contributed by atoms with E-state index in [1.807, 2.05) is 0 Å². The molecule has 3 atom stereocenters. The van der Waals surface area contributed by atoms with Gasteiger partial charge in [0.05, 0.1) is 10.5 Å². The molecule has 3 aromatic rings. The first-order valence-corrected chi connectivity index (χ1v) is 14.7. The molecule has 2 N–H and O–H groups in total. The zero-order valence-electron chi connectivity index (χ0n) is 22.9. The molecule has 1 aliphatic heterocycles. The van der Waals surface area contributed by atoms with Gasteiger partial charge in [-0.15, -0.1) is 0 Å². The number of nitrogens with one attached hydrogen (secondary N) is 1. The van der Waals surface area contributed by atoms with Crippen LogP contribution in [0.25, 0.3) is 0 Å². The fourth-order valence-electron chi connectivity index (χ4n) is 6.44. The number of aryl methyl sites for hydroxylation is 1. The minimum atomic E-state index is -5.28. The number of rotatable bonds is 6. The van der Waals surface area contributed by atoms with E-state index in [4.69, 9.17) is 10.5 Å². The fourth-order valence-corrected chi connectivity index (χ4v) is 8.92. The van der Waals surface area contributed by atoms with Gasteiger partial charge in [-0.25, -0.2) is 26.4 Å². The molecule has 44 heavy (non-hydrogen) atoms. The number of halogens is 6. The van der Waals surface area contributed by atoms with Gasteiger partial charge >= 0.3 is 12.1 Å². The van der Waals surface area contributed by atoms with E-state index in [1.54, 1.807) is 0 Å². The molecule has 232 valence electrons. The first kappa shape index (κ1) is 31.2. The summed E-state index contributed by atoms with van der Waals surface area (Å²) in [4.78, 5) is 25.8. The Hall–Kier alpha value is -4.20. The molecule has 2 aliphatic rings. The third kappa shape index (κ3) is 4.25. The smallest absolute Gasteiger partial charge is 0.426 e. The van der Waals surface area contributed by atoms with Crippen molar-refractivity contribution in [3.8, 4) is 0 Å². The summed E-state index contributed by atoms with van der Waals surface area (Å²) in [6.45, 7) is 0.0245. The van der Waals surface area contributed by atoms with Crippen LogP contribution in [0.15, 0.2) is 65.6 Å². The summed E-state index contributed by atoms with van der Waals surface area (Å²) in [7, 11) is -4.69. The number of carbonyl (C=O) groups excluding carboxylic acids is 1. The lowest BCUT2D eigenvalue weighted by molar-refractivity contribution is -0.228. The first-order chi connectivity index (χ1) is 20.4. The second-order valence-corrected chi connectivity index (χ2v) is 13.1. The lowest BCUT2D eigenvalue weighted by Gasteiger charge is -2.50.